The van der Waals surface area contributed by atoms with Gasteiger partial charge in [0.1, 0.15) is 0 Å². The number of aromatic hydroxyl groups is 1. The number of carboxylic acids is 1. The second-order valence-electron chi connectivity index (χ2n) is 1.98. The topological polar surface area (TPSA) is 57.5 Å². The monoisotopic (exact) mass is 212 g/mol. The van der Waals surface area contributed by atoms with Crippen molar-refractivity contribution in [2.75, 3.05) is 0 Å². The van der Waals surface area contributed by atoms with Crippen LogP contribution in [0.5, 0.6) is 5.75 Å². The zero-order valence-corrected chi connectivity index (χ0v) is 7.36. The molecule has 0 aliphatic carbocycles. The van der Waals surface area contributed by atoms with Crippen molar-refractivity contribution in [2.24, 2.45) is 0 Å². The van der Waals surface area contributed by atoms with Gasteiger partial charge in [-0.15, -0.1) is 0 Å². The number of phenols is 1. The summed E-state index contributed by atoms with van der Waals surface area (Å²) in [5.41, 5.74) is 0.116. The van der Waals surface area contributed by atoms with Gasteiger partial charge in [0.25, 0.3) is 0 Å². The summed E-state index contributed by atoms with van der Waals surface area (Å²) in [6.07, 6.45) is 0. The van der Waals surface area contributed by atoms with Crippen molar-refractivity contribution in [3.8, 4) is 5.75 Å². The summed E-state index contributed by atoms with van der Waals surface area (Å²) in [5.74, 6) is -1.04. The van der Waals surface area contributed by atoms with E-state index < -0.39 is 5.97 Å². The minimum absolute atomic E-state index is 0.00935. The predicted octanol–water partition coefficient (Wildman–Crippen LogP) is -0.116. The molecule has 4 heteroatoms. The first-order valence-corrected chi connectivity index (χ1v) is 3.81. The number of phenolic OH excluding ortho intramolecular Hbond substituents is 1. The average molecular weight is 212 g/mol. The molecule has 0 amide bonds. The van der Waals surface area contributed by atoms with E-state index in [4.69, 9.17) is 10.2 Å². The van der Waals surface area contributed by atoms with E-state index in [1.807, 2.05) is 16.9 Å². The van der Waals surface area contributed by atoms with Crippen molar-refractivity contribution in [3.63, 3.8) is 0 Å². The van der Waals surface area contributed by atoms with Gasteiger partial charge in [-0.3, -0.25) is 0 Å². The summed E-state index contributed by atoms with van der Waals surface area (Å²) in [6.45, 7) is 0. The van der Waals surface area contributed by atoms with Crippen molar-refractivity contribution < 1.29 is 15.0 Å². The maximum absolute atomic E-state index is 10.5. The summed E-state index contributed by atoms with van der Waals surface area (Å²) in [6, 6.07) is 4.38. The van der Waals surface area contributed by atoms with E-state index in [-0.39, 0.29) is 11.3 Å². The van der Waals surface area contributed by atoms with Crippen molar-refractivity contribution in [1.29, 1.82) is 0 Å². The summed E-state index contributed by atoms with van der Waals surface area (Å²) in [5, 5.41) is 17.6. The second-order valence-corrected chi connectivity index (χ2v) is 2.92. The number of carboxylic acid groups (broad SMARTS) is 1. The van der Waals surface area contributed by atoms with E-state index in [0.29, 0.717) is 4.35 Å². The van der Waals surface area contributed by atoms with Gasteiger partial charge in [0.05, 0.1) is 0 Å². The van der Waals surface area contributed by atoms with E-state index >= 15 is 0 Å². The molecule has 0 heterocycles. The fourth-order valence-corrected chi connectivity index (χ4v) is 1.22. The van der Waals surface area contributed by atoms with Gasteiger partial charge in [-0.25, -0.2) is 0 Å². The summed E-state index contributed by atoms with van der Waals surface area (Å²) >= 11 is 2.03. The molecule has 0 aromatic heterocycles. The molecule has 1 aromatic carbocycles. The number of hydrogen-bond acceptors (Lipinski definition) is 2. The molecule has 0 aliphatic rings. The Hall–Kier alpha value is -0.952. The fraction of sp³-hybridized carbons (Fsp3) is 0. The van der Waals surface area contributed by atoms with Crippen LogP contribution in [0.3, 0.4) is 0 Å². The summed E-state index contributed by atoms with van der Waals surface area (Å²) in [4.78, 5) is 10.5. The number of carbonyl (C=O) groups is 1. The molecular weight excluding hydrogens is 207 g/mol. The van der Waals surface area contributed by atoms with E-state index in [0.717, 1.165) is 0 Å². The average Bonchev–Trinajstić information content (AvgIpc) is 1.94. The van der Waals surface area contributed by atoms with Crippen LogP contribution in [0.15, 0.2) is 18.2 Å². The van der Waals surface area contributed by atoms with Gasteiger partial charge >= 0.3 is 71.7 Å². The van der Waals surface area contributed by atoms with Gasteiger partial charge in [-0.2, -0.15) is 0 Å². The van der Waals surface area contributed by atoms with Crippen LogP contribution < -0.4 is 4.35 Å². The Bertz CT molecular complexity index is 296. The molecule has 0 saturated carbocycles. The van der Waals surface area contributed by atoms with Crippen LogP contribution >= 0.6 is 0 Å². The van der Waals surface area contributed by atoms with Crippen LogP contribution in [0.2, 0.25) is 0 Å². The summed E-state index contributed by atoms with van der Waals surface area (Å²) in [7, 11) is 0. The summed E-state index contributed by atoms with van der Waals surface area (Å²) < 4.78 is 0.340. The van der Waals surface area contributed by atoms with Crippen molar-refractivity contribution in [1.82, 2.24) is 0 Å². The van der Waals surface area contributed by atoms with Gasteiger partial charge in [-0.05, 0) is 0 Å². The quantitative estimate of drug-likeness (QED) is 0.638. The van der Waals surface area contributed by atoms with Crippen molar-refractivity contribution >= 4 is 27.2 Å². The van der Waals surface area contributed by atoms with Crippen LogP contribution in [0.25, 0.3) is 0 Å². The third-order valence-corrected chi connectivity index (χ3v) is 2.23. The van der Waals surface area contributed by atoms with E-state index in [2.05, 4.69) is 0 Å². The molecule has 1 rings (SSSR count). The zero-order chi connectivity index (χ0) is 8.43. The molecule has 0 fully saturated rings. The third kappa shape index (κ3) is 1.55. The Labute approximate surface area is 72.2 Å². The second kappa shape index (κ2) is 2.97. The first-order chi connectivity index (χ1) is 5.13. The Morgan fingerprint density at radius 1 is 1.45 bits per heavy atom. The SMILES string of the molecule is O=C(O)c1cccc(O)c1[As]. The molecule has 2 radical (unpaired) electrons. The zero-order valence-electron chi connectivity index (χ0n) is 5.48. The van der Waals surface area contributed by atoms with Gasteiger partial charge in [-0.1, -0.05) is 0 Å². The molecule has 0 spiro atoms. The van der Waals surface area contributed by atoms with Crippen molar-refractivity contribution in [2.45, 2.75) is 0 Å². The number of rotatable bonds is 1. The number of aromatic carboxylic acids is 1. The van der Waals surface area contributed by atoms with Gasteiger partial charge in [0.2, 0.25) is 0 Å². The Kier molecular flexibility index (Phi) is 2.20. The van der Waals surface area contributed by atoms with E-state index in [1.165, 1.54) is 18.2 Å². The standard InChI is InChI=1S/C7H5AsO3/c8-6-4(7(10)11)2-1-3-5(6)9/h1-3,9H,(H,10,11). The molecule has 0 bridgehead atoms. The third-order valence-electron chi connectivity index (χ3n) is 1.25. The van der Waals surface area contributed by atoms with E-state index in [9.17, 15) is 4.79 Å². The van der Waals surface area contributed by atoms with Crippen LogP contribution in [0.1, 0.15) is 10.4 Å². The van der Waals surface area contributed by atoms with E-state index in [1.54, 1.807) is 0 Å². The first kappa shape index (κ1) is 8.15. The molecule has 1 aromatic rings. The Balaban J connectivity index is 3.27. The minimum atomic E-state index is -1.03. The molecule has 0 atom stereocenters. The van der Waals surface area contributed by atoms with Crippen LogP contribution in [0.4, 0.5) is 0 Å². The van der Waals surface area contributed by atoms with Crippen LogP contribution in [-0.4, -0.2) is 33.0 Å². The van der Waals surface area contributed by atoms with Crippen molar-refractivity contribution in [3.05, 3.63) is 23.8 Å². The predicted molar refractivity (Wildman–Crippen MR) is 40.5 cm³/mol. The molecule has 0 unspecified atom stereocenters. The first-order valence-electron chi connectivity index (χ1n) is 2.87. The molecule has 2 N–H and O–H groups in total. The molecule has 11 heavy (non-hydrogen) atoms. The normalized spacial score (nSPS) is 9.55. The number of benzene rings is 1. The maximum atomic E-state index is 10.5. The van der Waals surface area contributed by atoms with Gasteiger partial charge in [0.15, 0.2) is 0 Å². The molecule has 3 nitrogen and oxygen atoms in total. The van der Waals surface area contributed by atoms with Gasteiger partial charge in [0, 0.05) is 0 Å². The Morgan fingerprint density at radius 3 is 2.55 bits per heavy atom. The fourth-order valence-electron chi connectivity index (χ4n) is 0.704. The molecule has 0 saturated heterocycles. The Morgan fingerprint density at radius 2 is 2.09 bits per heavy atom. The molecular formula is C7H5AsO3. The van der Waals surface area contributed by atoms with Crippen LogP contribution in [0, 0.1) is 0 Å². The molecule has 56 valence electrons. The number of hydrogen-bond donors (Lipinski definition) is 2. The molecule has 0 aliphatic heterocycles. The van der Waals surface area contributed by atoms with Crippen LogP contribution in [-0.2, 0) is 0 Å². The van der Waals surface area contributed by atoms with Gasteiger partial charge < -0.3 is 0 Å².